The zero-order chi connectivity index (χ0) is 8.43. The highest BCUT2D eigenvalue weighted by Gasteiger charge is 2.02. The van der Waals surface area contributed by atoms with Gasteiger partial charge in [0.05, 0.1) is 0 Å². The molecule has 0 aliphatic heterocycles. The van der Waals surface area contributed by atoms with Crippen LogP contribution in [0.4, 0.5) is 0 Å². The van der Waals surface area contributed by atoms with Crippen molar-refractivity contribution in [3.8, 4) is 0 Å². The number of halogens is 2. The van der Waals surface area contributed by atoms with Gasteiger partial charge in [0.15, 0.2) is 5.78 Å². The van der Waals surface area contributed by atoms with Gasteiger partial charge >= 0.3 is 0 Å². The van der Waals surface area contributed by atoms with E-state index in [4.69, 9.17) is 30.1 Å². The Hall–Kier alpha value is -0.600. The summed E-state index contributed by atoms with van der Waals surface area (Å²) in [5, 5.41) is 0.317. The summed E-state index contributed by atoms with van der Waals surface area (Å²) in [5.41, 5.74) is 0.259. The normalized spacial score (nSPS) is 9.73. The van der Waals surface area contributed by atoms with E-state index in [0.29, 0.717) is 0 Å². The van der Waals surface area contributed by atoms with Crippen LogP contribution in [0.3, 0.4) is 0 Å². The summed E-state index contributed by atoms with van der Waals surface area (Å²) in [6, 6.07) is 2.71. The molecule has 0 bridgehead atoms. The third-order valence-electron chi connectivity index (χ3n) is 1.05. The molecule has 0 aliphatic carbocycles. The van der Waals surface area contributed by atoms with Gasteiger partial charge in [0, 0.05) is 12.5 Å². The zero-order valence-electron chi connectivity index (χ0n) is 5.34. The Kier molecular flexibility index (Phi) is 2.47. The molecule has 11 heavy (non-hydrogen) atoms. The molecule has 0 amide bonds. The Morgan fingerprint density at radius 3 is 2.18 bits per heavy atom. The molecule has 0 unspecified atom stereocenters. The van der Waals surface area contributed by atoms with Crippen molar-refractivity contribution in [2.24, 2.45) is 0 Å². The first kappa shape index (κ1) is 8.50. The number of Topliss-reactive ketones (excluding diaryl/α,β-unsaturated/α-hetero) is 1. The lowest BCUT2D eigenvalue weighted by atomic mass is 10.2. The van der Waals surface area contributed by atoms with Crippen LogP contribution in [-0.4, -0.2) is 10.8 Å². The van der Waals surface area contributed by atoms with Gasteiger partial charge in [-0.05, 0) is 12.1 Å². The van der Waals surface area contributed by atoms with E-state index in [1.54, 1.807) is 0 Å². The van der Waals surface area contributed by atoms with Crippen LogP contribution in [0.5, 0.6) is 0 Å². The first-order valence-corrected chi connectivity index (χ1v) is 3.48. The number of ketones is 1. The molecular formula is C7H3Cl2NO. The Bertz CT molecular complexity index is 278. The minimum absolute atomic E-state index is 0.159. The quantitative estimate of drug-likeness (QED) is 0.499. The van der Waals surface area contributed by atoms with Crippen molar-refractivity contribution in [3.63, 3.8) is 0 Å². The highest BCUT2D eigenvalue weighted by molar-refractivity contribution is 6.33. The monoisotopic (exact) mass is 187 g/mol. The molecule has 0 atom stereocenters. The number of pyridine rings is 1. The lowest BCUT2D eigenvalue weighted by Gasteiger charge is -1.95. The maximum atomic E-state index is 10.6. The number of aromatic nitrogens is 1. The molecule has 0 fully saturated rings. The fourth-order valence-corrected chi connectivity index (χ4v) is 1.07. The van der Waals surface area contributed by atoms with E-state index in [9.17, 15) is 4.79 Å². The van der Waals surface area contributed by atoms with Crippen LogP contribution >= 0.6 is 23.2 Å². The molecule has 1 aromatic rings. The minimum atomic E-state index is -0.573. The van der Waals surface area contributed by atoms with Crippen LogP contribution in [0.1, 0.15) is 10.4 Å². The number of carbonyl (C=O) groups is 1. The third-order valence-corrected chi connectivity index (χ3v) is 1.43. The van der Waals surface area contributed by atoms with Gasteiger partial charge in [-0.3, -0.25) is 4.79 Å². The fraction of sp³-hybridized carbons (Fsp3) is 0. The second-order valence-electron chi connectivity index (χ2n) is 1.87. The topological polar surface area (TPSA) is 30.0 Å². The Morgan fingerprint density at radius 2 is 1.82 bits per heavy atom. The molecule has 2 radical (unpaired) electrons. The summed E-state index contributed by atoms with van der Waals surface area (Å²) in [6.45, 7) is 4.97. The molecule has 0 spiro atoms. The first-order chi connectivity index (χ1) is 5.09. The molecule has 1 aromatic heterocycles. The lowest BCUT2D eigenvalue weighted by molar-refractivity contribution is 0.104. The van der Waals surface area contributed by atoms with Crippen molar-refractivity contribution in [1.82, 2.24) is 4.98 Å². The van der Waals surface area contributed by atoms with E-state index in [1.165, 1.54) is 12.1 Å². The number of carbonyl (C=O) groups excluding carboxylic acids is 1. The molecule has 0 saturated carbocycles. The van der Waals surface area contributed by atoms with Crippen molar-refractivity contribution >= 4 is 29.0 Å². The van der Waals surface area contributed by atoms with Gasteiger partial charge in [-0.15, -0.1) is 0 Å². The fourth-order valence-electron chi connectivity index (χ4n) is 0.607. The van der Waals surface area contributed by atoms with Crippen molar-refractivity contribution in [1.29, 1.82) is 0 Å². The van der Waals surface area contributed by atoms with Crippen LogP contribution in [0.15, 0.2) is 12.1 Å². The molecule has 2 nitrogen and oxygen atoms in total. The number of rotatable bonds is 1. The molecule has 1 rings (SSSR count). The van der Waals surface area contributed by atoms with Gasteiger partial charge in [0.1, 0.15) is 10.3 Å². The van der Waals surface area contributed by atoms with Crippen LogP contribution in [-0.2, 0) is 0 Å². The third kappa shape index (κ3) is 2.17. The predicted octanol–water partition coefficient (Wildman–Crippen LogP) is 2.28. The van der Waals surface area contributed by atoms with Gasteiger partial charge in [0.2, 0.25) is 0 Å². The summed E-state index contributed by atoms with van der Waals surface area (Å²) in [6.07, 6.45) is 0. The van der Waals surface area contributed by atoms with Crippen molar-refractivity contribution in [3.05, 3.63) is 34.9 Å². The van der Waals surface area contributed by atoms with Crippen molar-refractivity contribution in [2.75, 3.05) is 0 Å². The summed E-state index contributed by atoms with van der Waals surface area (Å²) >= 11 is 11.0. The largest absolute Gasteiger partial charge is 0.294 e. The Labute approximate surface area is 74.1 Å². The Morgan fingerprint density at radius 1 is 1.36 bits per heavy atom. The van der Waals surface area contributed by atoms with E-state index in [0.717, 1.165) is 0 Å². The average Bonchev–Trinajstić information content (AvgIpc) is 1.85. The minimum Gasteiger partial charge on any atom is -0.294 e. The van der Waals surface area contributed by atoms with Crippen molar-refractivity contribution < 1.29 is 4.79 Å². The summed E-state index contributed by atoms with van der Waals surface area (Å²) < 4.78 is 0. The molecule has 1 heterocycles. The summed E-state index contributed by atoms with van der Waals surface area (Å²) in [7, 11) is 0. The number of hydrogen-bond acceptors (Lipinski definition) is 2. The smallest absolute Gasteiger partial charge is 0.167 e. The average molecular weight is 188 g/mol. The summed E-state index contributed by atoms with van der Waals surface area (Å²) in [5.74, 6) is -0.573. The van der Waals surface area contributed by atoms with Crippen molar-refractivity contribution in [2.45, 2.75) is 0 Å². The highest BCUT2D eigenvalue weighted by Crippen LogP contribution is 2.14. The van der Waals surface area contributed by atoms with Gasteiger partial charge in [-0.2, -0.15) is 0 Å². The summed E-state index contributed by atoms with van der Waals surface area (Å²) in [4.78, 5) is 14.2. The van der Waals surface area contributed by atoms with Gasteiger partial charge in [-0.25, -0.2) is 4.98 Å². The first-order valence-electron chi connectivity index (χ1n) is 2.72. The van der Waals surface area contributed by atoms with E-state index in [1.807, 2.05) is 0 Å². The van der Waals surface area contributed by atoms with Gasteiger partial charge < -0.3 is 0 Å². The van der Waals surface area contributed by atoms with E-state index in [-0.39, 0.29) is 15.9 Å². The zero-order valence-corrected chi connectivity index (χ0v) is 6.86. The number of nitrogens with zero attached hydrogens (tertiary/aromatic N) is 1. The standard InChI is InChI=1S/C7H3Cl2NO/c1-4(11)5-2-6(8)10-7(9)3-5/h1-3H. The van der Waals surface area contributed by atoms with E-state index in [2.05, 4.69) is 4.98 Å². The second kappa shape index (κ2) is 3.20. The molecule has 0 saturated heterocycles. The second-order valence-corrected chi connectivity index (χ2v) is 2.64. The van der Waals surface area contributed by atoms with Gasteiger partial charge in [0.25, 0.3) is 0 Å². The van der Waals surface area contributed by atoms with Crippen LogP contribution < -0.4 is 0 Å². The molecular weight excluding hydrogens is 185 g/mol. The molecule has 56 valence electrons. The Balaban J connectivity index is 3.19. The predicted molar refractivity (Wildman–Crippen MR) is 42.9 cm³/mol. The molecule has 4 heteroatoms. The SMILES string of the molecule is [CH]C(=O)c1cc(Cl)nc(Cl)c1. The van der Waals surface area contributed by atoms with E-state index < -0.39 is 5.78 Å². The highest BCUT2D eigenvalue weighted by atomic mass is 35.5. The van der Waals surface area contributed by atoms with E-state index >= 15 is 0 Å². The lowest BCUT2D eigenvalue weighted by Crippen LogP contribution is -1.93. The maximum Gasteiger partial charge on any atom is 0.167 e. The molecule has 0 N–H and O–H groups in total. The maximum absolute atomic E-state index is 10.6. The molecule has 0 aliphatic rings. The van der Waals surface area contributed by atoms with Crippen LogP contribution in [0.25, 0.3) is 0 Å². The van der Waals surface area contributed by atoms with Crippen LogP contribution in [0, 0.1) is 6.92 Å². The van der Waals surface area contributed by atoms with Crippen LogP contribution in [0.2, 0.25) is 10.3 Å². The number of hydrogen-bond donors (Lipinski definition) is 0. The van der Waals surface area contributed by atoms with Gasteiger partial charge in [-0.1, -0.05) is 23.2 Å². The molecule has 0 aromatic carbocycles.